The largest absolute Gasteiger partial charge is 0.465 e. The predicted molar refractivity (Wildman–Crippen MR) is 118 cm³/mol. The van der Waals surface area contributed by atoms with Gasteiger partial charge in [0.25, 0.3) is 0 Å². The molecule has 1 spiro atoms. The van der Waals surface area contributed by atoms with Crippen molar-refractivity contribution in [1.82, 2.24) is 9.80 Å². The van der Waals surface area contributed by atoms with E-state index in [1.807, 2.05) is 36.1 Å². The third-order valence-electron chi connectivity index (χ3n) is 7.00. The van der Waals surface area contributed by atoms with Gasteiger partial charge in [0.2, 0.25) is 11.8 Å². The van der Waals surface area contributed by atoms with Crippen molar-refractivity contribution in [3.05, 3.63) is 24.3 Å². The van der Waals surface area contributed by atoms with Crippen molar-refractivity contribution in [2.45, 2.75) is 61.6 Å². The van der Waals surface area contributed by atoms with E-state index in [0.29, 0.717) is 32.5 Å². The van der Waals surface area contributed by atoms with Crippen molar-refractivity contribution in [3.63, 3.8) is 0 Å². The van der Waals surface area contributed by atoms with Crippen molar-refractivity contribution in [2.75, 3.05) is 26.3 Å². The lowest BCUT2D eigenvalue weighted by Gasteiger charge is -2.38. The molecule has 0 aromatic rings. The Labute approximate surface area is 187 Å². The molecule has 2 saturated heterocycles. The van der Waals surface area contributed by atoms with E-state index < -0.39 is 28.7 Å². The monoisotopic (exact) mass is 448 g/mol. The number of aliphatic hydroxyl groups excluding tert-OH is 1. The Balaban J connectivity index is 1.82. The highest BCUT2D eigenvalue weighted by atomic mass is 32.2. The summed E-state index contributed by atoms with van der Waals surface area (Å²) in [4.78, 5) is 44.1. The summed E-state index contributed by atoms with van der Waals surface area (Å²) in [5.74, 6) is -1.96. The van der Waals surface area contributed by atoms with Crippen molar-refractivity contribution >= 4 is 29.5 Å². The van der Waals surface area contributed by atoms with Crippen LogP contribution in [0.3, 0.4) is 0 Å². The van der Waals surface area contributed by atoms with Gasteiger partial charge in [0.15, 0.2) is 0 Å². The number of fused-ring (bicyclic) bond motifs is 2. The van der Waals surface area contributed by atoms with Crippen LogP contribution in [0.5, 0.6) is 0 Å². The average Bonchev–Trinajstić information content (AvgIpc) is 3.13. The highest BCUT2D eigenvalue weighted by molar-refractivity contribution is 8.02. The smallest absolute Gasteiger partial charge is 0.311 e. The summed E-state index contributed by atoms with van der Waals surface area (Å²) in [6.07, 6.45) is 11.1. The molecule has 0 saturated carbocycles. The average molecular weight is 449 g/mol. The number of hydrogen-bond donors (Lipinski definition) is 1. The van der Waals surface area contributed by atoms with Gasteiger partial charge in [-0.2, -0.15) is 0 Å². The molecule has 0 aromatic carbocycles. The fourth-order valence-corrected chi connectivity index (χ4v) is 7.44. The minimum absolute atomic E-state index is 0.0830. The number of unbranched alkanes of at least 4 members (excludes halogenated alkanes) is 1. The second kappa shape index (κ2) is 8.98. The molecular formula is C23H32N2O5S. The Kier molecular flexibility index (Phi) is 6.49. The van der Waals surface area contributed by atoms with E-state index in [1.54, 1.807) is 16.7 Å². The van der Waals surface area contributed by atoms with E-state index in [9.17, 15) is 19.5 Å². The summed E-state index contributed by atoms with van der Waals surface area (Å²) in [7, 11) is 0. The summed E-state index contributed by atoms with van der Waals surface area (Å²) < 4.78 is 4.63. The molecule has 8 heteroatoms. The lowest BCUT2D eigenvalue weighted by Crippen LogP contribution is -2.56. The lowest BCUT2D eigenvalue weighted by atomic mass is 9.78. The first-order valence-corrected chi connectivity index (χ1v) is 12.3. The molecule has 2 amide bonds. The van der Waals surface area contributed by atoms with Crippen LogP contribution in [0.25, 0.3) is 0 Å². The van der Waals surface area contributed by atoms with Gasteiger partial charge >= 0.3 is 5.97 Å². The highest BCUT2D eigenvalue weighted by Gasteiger charge is 2.71. The first-order chi connectivity index (χ1) is 15.0. The number of ether oxygens (including phenoxy) is 1. The molecule has 1 unspecified atom stereocenters. The van der Waals surface area contributed by atoms with Crippen LogP contribution in [0.1, 0.15) is 39.5 Å². The molecule has 4 heterocycles. The maximum atomic E-state index is 13.8. The van der Waals surface area contributed by atoms with Crippen molar-refractivity contribution in [3.8, 4) is 0 Å². The summed E-state index contributed by atoms with van der Waals surface area (Å²) in [5, 5.41) is 9.83. The molecular weight excluding hydrogens is 416 g/mol. The minimum atomic E-state index is -0.833. The Morgan fingerprint density at radius 1 is 1.26 bits per heavy atom. The molecule has 4 aliphatic heterocycles. The zero-order chi connectivity index (χ0) is 22.2. The van der Waals surface area contributed by atoms with Crippen molar-refractivity contribution < 1.29 is 24.2 Å². The maximum absolute atomic E-state index is 13.8. The first-order valence-electron chi connectivity index (χ1n) is 11.4. The molecule has 0 aromatic heterocycles. The minimum Gasteiger partial charge on any atom is -0.465 e. The number of hydrogen-bond acceptors (Lipinski definition) is 6. The van der Waals surface area contributed by atoms with E-state index >= 15 is 0 Å². The van der Waals surface area contributed by atoms with Gasteiger partial charge in [-0.25, -0.2) is 0 Å². The van der Waals surface area contributed by atoms with Gasteiger partial charge < -0.3 is 19.6 Å². The van der Waals surface area contributed by atoms with Crippen LogP contribution in [0, 0.1) is 11.8 Å². The summed E-state index contributed by atoms with van der Waals surface area (Å²) >= 11 is 1.55. The van der Waals surface area contributed by atoms with Crippen LogP contribution in [0.4, 0.5) is 0 Å². The summed E-state index contributed by atoms with van der Waals surface area (Å²) in [6, 6.07) is -1.18. The lowest BCUT2D eigenvalue weighted by molar-refractivity contribution is -0.153. The fraction of sp³-hybridized carbons (Fsp3) is 0.696. The Morgan fingerprint density at radius 2 is 2.06 bits per heavy atom. The number of aliphatic hydroxyl groups is 1. The zero-order valence-electron chi connectivity index (χ0n) is 18.2. The Morgan fingerprint density at radius 3 is 2.77 bits per heavy atom. The number of amides is 2. The number of rotatable bonds is 6. The molecule has 1 N–H and O–H groups in total. The SMILES string of the molecule is CCCCN1CC=C[C@]23S[C@@H]4C=CCCOC(=O)[C@@H]4[C@H]2C(=O)N([C@@H](CC)CO)C3C1=O. The van der Waals surface area contributed by atoms with Gasteiger partial charge in [0.05, 0.1) is 35.8 Å². The number of likely N-dealkylation sites (tertiary alicyclic amines) is 1. The molecule has 170 valence electrons. The molecule has 0 bridgehead atoms. The number of thioether (sulfide) groups is 1. The number of nitrogens with zero attached hydrogens (tertiary/aromatic N) is 2. The molecule has 31 heavy (non-hydrogen) atoms. The molecule has 0 aliphatic carbocycles. The second-order valence-corrected chi connectivity index (χ2v) is 10.2. The van der Waals surface area contributed by atoms with E-state index in [-0.39, 0.29) is 29.6 Å². The molecule has 4 aliphatic rings. The fourth-order valence-electron chi connectivity index (χ4n) is 5.45. The third-order valence-corrected chi connectivity index (χ3v) is 8.74. The quantitative estimate of drug-likeness (QED) is 0.492. The Bertz CT molecular complexity index is 795. The standard InChI is InChI=1S/C23H32N2O5S/c1-3-5-11-24-12-8-10-23-18(17-16(31-23)9-6-7-13-30-22(17)29)20(27)25(15(4-2)14-26)19(23)21(24)28/h6,8-10,15-19,26H,3-5,7,11-14H2,1-2H3/t15-,16+,17-,18-,19?,23-/m0/s1. The van der Waals surface area contributed by atoms with Crippen LogP contribution in [-0.2, 0) is 19.1 Å². The van der Waals surface area contributed by atoms with Crippen molar-refractivity contribution in [1.29, 1.82) is 0 Å². The number of carbonyl (C=O) groups is 3. The summed E-state index contributed by atoms with van der Waals surface area (Å²) in [6.45, 7) is 5.21. The molecule has 4 rings (SSSR count). The van der Waals surface area contributed by atoms with Gasteiger partial charge in [-0.15, -0.1) is 11.8 Å². The molecule has 7 nitrogen and oxygen atoms in total. The molecule has 6 atom stereocenters. The van der Waals surface area contributed by atoms with Gasteiger partial charge in [0.1, 0.15) is 6.04 Å². The highest BCUT2D eigenvalue weighted by Crippen LogP contribution is 2.61. The van der Waals surface area contributed by atoms with E-state index in [2.05, 4.69) is 6.92 Å². The van der Waals surface area contributed by atoms with E-state index in [1.165, 1.54) is 0 Å². The van der Waals surface area contributed by atoms with Gasteiger partial charge in [-0.05, 0) is 19.3 Å². The van der Waals surface area contributed by atoms with Crippen LogP contribution in [0.2, 0.25) is 0 Å². The predicted octanol–water partition coefficient (Wildman–Crippen LogP) is 1.76. The third kappa shape index (κ3) is 3.52. The van der Waals surface area contributed by atoms with Crippen LogP contribution in [0.15, 0.2) is 24.3 Å². The molecule has 2 fully saturated rings. The van der Waals surface area contributed by atoms with Gasteiger partial charge in [-0.1, -0.05) is 44.6 Å². The second-order valence-electron chi connectivity index (χ2n) is 8.76. The van der Waals surface area contributed by atoms with Gasteiger partial charge in [-0.3, -0.25) is 14.4 Å². The van der Waals surface area contributed by atoms with Crippen LogP contribution >= 0.6 is 11.8 Å². The zero-order valence-corrected chi connectivity index (χ0v) is 19.1. The maximum Gasteiger partial charge on any atom is 0.311 e. The van der Waals surface area contributed by atoms with E-state index in [0.717, 1.165) is 12.8 Å². The van der Waals surface area contributed by atoms with E-state index in [4.69, 9.17) is 4.74 Å². The summed E-state index contributed by atoms with van der Waals surface area (Å²) in [5.41, 5.74) is 0. The van der Waals surface area contributed by atoms with Crippen molar-refractivity contribution in [2.24, 2.45) is 11.8 Å². The number of cyclic esters (lactones) is 1. The van der Waals surface area contributed by atoms with Crippen LogP contribution < -0.4 is 0 Å². The normalized spacial score (nSPS) is 35.8. The molecule has 0 radical (unpaired) electrons. The van der Waals surface area contributed by atoms with Gasteiger partial charge in [0, 0.05) is 18.3 Å². The van der Waals surface area contributed by atoms with Crippen LogP contribution in [-0.4, -0.2) is 81.1 Å². The first kappa shape index (κ1) is 22.4. The Hall–Kier alpha value is -1.80. The topological polar surface area (TPSA) is 87.2 Å². The number of esters is 1. The number of carbonyl (C=O) groups excluding carboxylic acids is 3.